The van der Waals surface area contributed by atoms with Crippen LogP contribution >= 0.6 is 35.3 Å². The summed E-state index contributed by atoms with van der Waals surface area (Å²) < 4.78 is 30.0. The minimum absolute atomic E-state index is 0. The molecule has 7 nitrogen and oxygen atoms in total. The number of halogens is 2. The second-order valence-electron chi connectivity index (χ2n) is 6.99. The van der Waals surface area contributed by atoms with Gasteiger partial charge >= 0.3 is 0 Å². The topological polar surface area (TPSA) is 79.8 Å². The number of carbonyl (C=O) groups excluding carboxylic acids is 1. The van der Waals surface area contributed by atoms with Crippen LogP contribution in [-0.4, -0.2) is 64.3 Å². The molecule has 1 amide bonds. The fourth-order valence-corrected chi connectivity index (χ4v) is 4.52. The molecule has 1 aromatic heterocycles. The normalized spacial score (nSPS) is 11.4. The standard InChI is InChI=1S/C20H22ClN3O4S2.ClH/c1-23(2)10-11-24(19(25)13-28-15-6-4-14(21)5-7-15)20-22-17-9-8-16(30(3,26)27)12-18(17)29-20;/h4-9,12H,10-11,13H2,1-3H3;1H. The third-order valence-corrected chi connectivity index (χ3v) is 6.66. The molecule has 3 rings (SSSR count). The lowest BCUT2D eigenvalue weighted by Gasteiger charge is -2.22. The number of thiazole rings is 1. The molecule has 1 heterocycles. The van der Waals surface area contributed by atoms with Gasteiger partial charge in [0.05, 0.1) is 15.1 Å². The highest BCUT2D eigenvalue weighted by molar-refractivity contribution is 7.90. The molecule has 0 spiro atoms. The van der Waals surface area contributed by atoms with Crippen molar-refractivity contribution >= 4 is 66.4 Å². The van der Waals surface area contributed by atoms with Gasteiger partial charge in [-0.25, -0.2) is 13.4 Å². The Labute approximate surface area is 196 Å². The number of anilines is 1. The molecule has 3 aromatic rings. The molecule has 11 heteroatoms. The number of likely N-dealkylation sites (N-methyl/N-ethyl adjacent to an activating group) is 1. The number of ether oxygens (including phenoxy) is 1. The zero-order valence-corrected chi connectivity index (χ0v) is 20.4. The second kappa shape index (κ2) is 10.6. The lowest BCUT2D eigenvalue weighted by Crippen LogP contribution is -2.39. The van der Waals surface area contributed by atoms with Crippen molar-refractivity contribution in [3.63, 3.8) is 0 Å². The molecule has 0 saturated carbocycles. The lowest BCUT2D eigenvalue weighted by molar-refractivity contribution is -0.120. The van der Waals surface area contributed by atoms with E-state index in [0.29, 0.717) is 39.2 Å². The highest BCUT2D eigenvalue weighted by atomic mass is 35.5. The Kier molecular flexibility index (Phi) is 8.67. The Balaban J connectivity index is 0.00000341. The van der Waals surface area contributed by atoms with Crippen molar-refractivity contribution in [2.75, 3.05) is 44.9 Å². The molecule has 0 bridgehead atoms. The maximum atomic E-state index is 12.9. The minimum atomic E-state index is -3.32. The van der Waals surface area contributed by atoms with E-state index in [1.165, 1.54) is 17.4 Å². The first-order chi connectivity index (χ1) is 14.1. The summed E-state index contributed by atoms with van der Waals surface area (Å²) in [5, 5.41) is 1.09. The third-order valence-electron chi connectivity index (χ3n) is 4.26. The molecule has 31 heavy (non-hydrogen) atoms. The van der Waals surface area contributed by atoms with Gasteiger partial charge in [0, 0.05) is 24.4 Å². The summed E-state index contributed by atoms with van der Waals surface area (Å²) in [6.45, 7) is 0.908. The fraction of sp³-hybridized carbons (Fsp3) is 0.300. The largest absolute Gasteiger partial charge is 0.484 e. The van der Waals surface area contributed by atoms with Crippen LogP contribution in [0.15, 0.2) is 47.4 Å². The van der Waals surface area contributed by atoms with Crippen LogP contribution in [0.1, 0.15) is 0 Å². The van der Waals surface area contributed by atoms with Crippen molar-refractivity contribution in [3.05, 3.63) is 47.5 Å². The first kappa shape index (κ1) is 25.4. The molecule has 2 aromatic carbocycles. The van der Waals surface area contributed by atoms with Gasteiger partial charge in [-0.05, 0) is 56.6 Å². The van der Waals surface area contributed by atoms with Crippen LogP contribution in [0.5, 0.6) is 5.75 Å². The van der Waals surface area contributed by atoms with E-state index < -0.39 is 9.84 Å². The van der Waals surface area contributed by atoms with E-state index in [1.54, 1.807) is 41.3 Å². The number of amides is 1. The zero-order valence-electron chi connectivity index (χ0n) is 17.2. The van der Waals surface area contributed by atoms with Crippen LogP contribution in [0.4, 0.5) is 5.13 Å². The SMILES string of the molecule is CN(C)CCN(C(=O)COc1ccc(Cl)cc1)c1nc2ccc(S(C)(=O)=O)cc2s1.Cl. The number of fused-ring (bicyclic) bond motifs is 1. The predicted molar refractivity (Wildman–Crippen MR) is 128 cm³/mol. The van der Waals surface area contributed by atoms with Gasteiger partial charge < -0.3 is 9.64 Å². The quantitative estimate of drug-likeness (QED) is 0.465. The van der Waals surface area contributed by atoms with Crippen molar-refractivity contribution in [2.24, 2.45) is 0 Å². The van der Waals surface area contributed by atoms with Crippen LogP contribution in [0.2, 0.25) is 5.02 Å². The Hall–Kier alpha value is -1.91. The summed E-state index contributed by atoms with van der Waals surface area (Å²) in [5.74, 6) is 0.302. The lowest BCUT2D eigenvalue weighted by atomic mass is 10.3. The van der Waals surface area contributed by atoms with Crippen LogP contribution in [-0.2, 0) is 14.6 Å². The van der Waals surface area contributed by atoms with Crippen molar-refractivity contribution in [1.82, 2.24) is 9.88 Å². The molecule has 0 N–H and O–H groups in total. The molecule has 0 aliphatic rings. The van der Waals surface area contributed by atoms with Gasteiger partial charge in [-0.1, -0.05) is 22.9 Å². The smallest absolute Gasteiger partial charge is 0.266 e. The molecule has 0 saturated heterocycles. The van der Waals surface area contributed by atoms with Gasteiger partial charge in [0.1, 0.15) is 5.75 Å². The molecule has 0 radical (unpaired) electrons. The zero-order chi connectivity index (χ0) is 21.9. The maximum absolute atomic E-state index is 12.9. The Morgan fingerprint density at radius 2 is 1.81 bits per heavy atom. The van der Waals surface area contributed by atoms with E-state index >= 15 is 0 Å². The predicted octanol–water partition coefficient (Wildman–Crippen LogP) is 3.75. The van der Waals surface area contributed by atoms with Crippen molar-refractivity contribution in [2.45, 2.75) is 4.90 Å². The van der Waals surface area contributed by atoms with Crippen molar-refractivity contribution < 1.29 is 17.9 Å². The number of nitrogens with zero attached hydrogens (tertiary/aromatic N) is 3. The average molecular weight is 504 g/mol. The number of rotatable bonds is 8. The Morgan fingerprint density at radius 1 is 1.13 bits per heavy atom. The van der Waals surface area contributed by atoms with Crippen LogP contribution < -0.4 is 9.64 Å². The summed E-state index contributed by atoms with van der Waals surface area (Å²) in [7, 11) is 0.517. The van der Waals surface area contributed by atoms with Gasteiger partial charge in [0.15, 0.2) is 21.6 Å². The van der Waals surface area contributed by atoms with Crippen LogP contribution in [0.25, 0.3) is 10.2 Å². The number of sulfone groups is 1. The number of carbonyl (C=O) groups is 1. The monoisotopic (exact) mass is 503 g/mol. The van der Waals surface area contributed by atoms with Gasteiger partial charge in [-0.15, -0.1) is 12.4 Å². The van der Waals surface area contributed by atoms with E-state index in [2.05, 4.69) is 4.98 Å². The molecule has 0 aliphatic carbocycles. The van der Waals surface area contributed by atoms with Crippen molar-refractivity contribution in [1.29, 1.82) is 0 Å². The molecule has 0 unspecified atom stereocenters. The summed E-state index contributed by atoms with van der Waals surface area (Å²) >= 11 is 7.15. The summed E-state index contributed by atoms with van der Waals surface area (Å²) in [6.07, 6.45) is 1.16. The van der Waals surface area contributed by atoms with Gasteiger partial charge in [-0.3, -0.25) is 9.69 Å². The van der Waals surface area contributed by atoms with Crippen LogP contribution in [0, 0.1) is 0 Å². The molecular formula is C20H23Cl2N3O4S2. The summed E-state index contributed by atoms with van der Waals surface area (Å²) in [5.41, 5.74) is 0.642. The van der Waals surface area contributed by atoms with E-state index in [4.69, 9.17) is 16.3 Å². The highest BCUT2D eigenvalue weighted by Gasteiger charge is 2.21. The molecule has 0 fully saturated rings. The number of benzene rings is 2. The van der Waals surface area contributed by atoms with E-state index in [9.17, 15) is 13.2 Å². The Bertz CT molecular complexity index is 1150. The molecule has 0 atom stereocenters. The fourth-order valence-electron chi connectivity index (χ4n) is 2.62. The van der Waals surface area contributed by atoms with E-state index in [1.807, 2.05) is 19.0 Å². The van der Waals surface area contributed by atoms with Gasteiger partial charge in [0.25, 0.3) is 5.91 Å². The second-order valence-corrected chi connectivity index (χ2v) is 10.5. The summed E-state index contributed by atoms with van der Waals surface area (Å²) in [6, 6.07) is 11.6. The third kappa shape index (κ3) is 6.78. The van der Waals surface area contributed by atoms with E-state index in [0.717, 1.165) is 6.26 Å². The van der Waals surface area contributed by atoms with Crippen LogP contribution in [0.3, 0.4) is 0 Å². The van der Waals surface area contributed by atoms with E-state index in [-0.39, 0.29) is 29.8 Å². The molecular weight excluding hydrogens is 481 g/mol. The van der Waals surface area contributed by atoms with Gasteiger partial charge in [0.2, 0.25) is 0 Å². The first-order valence-corrected chi connectivity index (χ1v) is 12.2. The number of hydrogen-bond acceptors (Lipinski definition) is 7. The number of hydrogen-bond donors (Lipinski definition) is 0. The Morgan fingerprint density at radius 3 is 2.42 bits per heavy atom. The highest BCUT2D eigenvalue weighted by Crippen LogP contribution is 2.31. The first-order valence-electron chi connectivity index (χ1n) is 9.07. The minimum Gasteiger partial charge on any atom is -0.484 e. The molecule has 0 aliphatic heterocycles. The van der Waals surface area contributed by atoms with Crippen molar-refractivity contribution in [3.8, 4) is 5.75 Å². The maximum Gasteiger partial charge on any atom is 0.266 e. The molecule has 168 valence electrons. The number of aromatic nitrogens is 1. The average Bonchev–Trinajstić information content (AvgIpc) is 3.09. The van der Waals surface area contributed by atoms with Gasteiger partial charge in [-0.2, -0.15) is 0 Å². The summed E-state index contributed by atoms with van der Waals surface area (Å²) in [4.78, 5) is 21.2.